The molecule has 0 radical (unpaired) electrons. The fourth-order valence-electron chi connectivity index (χ4n) is 2.10. The number of hydrogen-bond acceptors (Lipinski definition) is 3. The molecule has 3 rings (SSSR count). The molecular formula is C17H10ClFN4O. The van der Waals surface area contributed by atoms with E-state index in [-0.39, 0.29) is 11.3 Å². The zero-order valence-electron chi connectivity index (χ0n) is 12.2. The Hall–Kier alpha value is -3.17. The molecule has 0 atom stereocenters. The molecule has 7 heteroatoms. The summed E-state index contributed by atoms with van der Waals surface area (Å²) >= 11 is 6.10. The SMILES string of the molecule is N#Cc1cc(NC(=O)c2ccn(-c3ccccc3Cl)n2)ccc1F. The summed E-state index contributed by atoms with van der Waals surface area (Å²) in [6, 6.07) is 14.1. The van der Waals surface area contributed by atoms with Gasteiger partial charge in [-0.1, -0.05) is 23.7 Å². The van der Waals surface area contributed by atoms with E-state index in [2.05, 4.69) is 10.4 Å². The van der Waals surface area contributed by atoms with Crippen LogP contribution in [0.2, 0.25) is 5.02 Å². The normalized spacial score (nSPS) is 10.2. The molecule has 1 heterocycles. The van der Waals surface area contributed by atoms with Crippen molar-refractivity contribution in [2.45, 2.75) is 0 Å². The first-order valence-corrected chi connectivity index (χ1v) is 7.28. The van der Waals surface area contributed by atoms with Gasteiger partial charge >= 0.3 is 0 Å². The lowest BCUT2D eigenvalue weighted by Crippen LogP contribution is -2.13. The first-order chi connectivity index (χ1) is 11.6. The van der Waals surface area contributed by atoms with Gasteiger partial charge in [-0.2, -0.15) is 10.4 Å². The molecule has 1 aromatic heterocycles. The van der Waals surface area contributed by atoms with E-state index in [0.717, 1.165) is 6.07 Å². The van der Waals surface area contributed by atoms with Crippen LogP contribution in [0.4, 0.5) is 10.1 Å². The zero-order valence-corrected chi connectivity index (χ0v) is 13.0. The first-order valence-electron chi connectivity index (χ1n) is 6.90. The van der Waals surface area contributed by atoms with Crippen molar-refractivity contribution in [2.75, 3.05) is 5.32 Å². The molecule has 0 unspecified atom stereocenters. The third kappa shape index (κ3) is 3.12. The summed E-state index contributed by atoms with van der Waals surface area (Å²) in [5.74, 6) is -1.12. The van der Waals surface area contributed by atoms with E-state index < -0.39 is 11.7 Å². The monoisotopic (exact) mass is 340 g/mol. The fraction of sp³-hybridized carbons (Fsp3) is 0. The van der Waals surface area contributed by atoms with E-state index in [1.165, 1.54) is 22.9 Å². The number of para-hydroxylation sites is 1. The molecule has 0 aliphatic heterocycles. The van der Waals surface area contributed by atoms with Crippen molar-refractivity contribution >= 4 is 23.2 Å². The van der Waals surface area contributed by atoms with Crippen molar-refractivity contribution in [3.05, 3.63) is 76.8 Å². The van der Waals surface area contributed by atoms with Crippen molar-refractivity contribution in [3.8, 4) is 11.8 Å². The number of carbonyl (C=O) groups is 1. The number of nitrogens with zero attached hydrogens (tertiary/aromatic N) is 3. The molecule has 24 heavy (non-hydrogen) atoms. The number of carbonyl (C=O) groups excluding carboxylic acids is 1. The van der Waals surface area contributed by atoms with Gasteiger partial charge in [0.25, 0.3) is 5.91 Å². The van der Waals surface area contributed by atoms with Crippen molar-refractivity contribution < 1.29 is 9.18 Å². The second-order valence-electron chi connectivity index (χ2n) is 4.86. The second-order valence-corrected chi connectivity index (χ2v) is 5.26. The number of benzene rings is 2. The minimum atomic E-state index is -0.640. The maximum Gasteiger partial charge on any atom is 0.276 e. The summed E-state index contributed by atoms with van der Waals surface area (Å²) in [6.45, 7) is 0. The van der Waals surface area contributed by atoms with Crippen molar-refractivity contribution in [3.63, 3.8) is 0 Å². The smallest absolute Gasteiger partial charge is 0.276 e. The van der Waals surface area contributed by atoms with Gasteiger partial charge in [-0.05, 0) is 36.4 Å². The molecule has 0 bridgehead atoms. The number of hydrogen-bond donors (Lipinski definition) is 1. The lowest BCUT2D eigenvalue weighted by molar-refractivity contribution is 0.102. The van der Waals surface area contributed by atoms with E-state index in [1.807, 2.05) is 6.07 Å². The average Bonchev–Trinajstić information content (AvgIpc) is 3.07. The Morgan fingerprint density at radius 3 is 2.79 bits per heavy atom. The summed E-state index contributed by atoms with van der Waals surface area (Å²) in [5.41, 5.74) is 0.976. The molecule has 0 spiro atoms. The standard InChI is InChI=1S/C17H10ClFN4O/c18-13-3-1-2-4-16(13)23-8-7-15(22-23)17(24)21-12-5-6-14(19)11(9-12)10-20/h1-9H,(H,21,24). The minimum Gasteiger partial charge on any atom is -0.321 e. The number of rotatable bonds is 3. The maximum atomic E-state index is 13.3. The molecule has 0 fully saturated rings. The van der Waals surface area contributed by atoms with Crippen LogP contribution in [0, 0.1) is 17.1 Å². The number of aromatic nitrogens is 2. The molecule has 118 valence electrons. The highest BCUT2D eigenvalue weighted by atomic mass is 35.5. The summed E-state index contributed by atoms with van der Waals surface area (Å²) in [6.07, 6.45) is 1.61. The molecule has 1 N–H and O–H groups in total. The molecule has 3 aromatic rings. The highest BCUT2D eigenvalue weighted by Gasteiger charge is 2.12. The number of anilines is 1. The van der Waals surface area contributed by atoms with Crippen LogP contribution in [0.5, 0.6) is 0 Å². The molecule has 1 amide bonds. The van der Waals surface area contributed by atoms with Crippen molar-refractivity contribution in [1.82, 2.24) is 9.78 Å². The van der Waals surface area contributed by atoms with Crippen LogP contribution >= 0.6 is 11.6 Å². The molecule has 5 nitrogen and oxygen atoms in total. The van der Waals surface area contributed by atoms with Gasteiger partial charge in [0.2, 0.25) is 0 Å². The van der Waals surface area contributed by atoms with Crippen LogP contribution in [0.15, 0.2) is 54.7 Å². The quantitative estimate of drug-likeness (QED) is 0.788. The fourth-order valence-corrected chi connectivity index (χ4v) is 2.32. The summed E-state index contributed by atoms with van der Waals surface area (Å²) in [4.78, 5) is 12.2. The Bertz CT molecular complexity index is 961. The third-order valence-electron chi connectivity index (χ3n) is 3.27. The molecule has 0 aliphatic carbocycles. The molecule has 2 aromatic carbocycles. The van der Waals surface area contributed by atoms with Gasteiger partial charge in [0.1, 0.15) is 11.9 Å². The molecule has 0 saturated carbocycles. The van der Waals surface area contributed by atoms with Gasteiger partial charge in [0.05, 0.1) is 16.3 Å². The summed E-state index contributed by atoms with van der Waals surface area (Å²) in [5, 5.41) is 16.1. The average molecular weight is 341 g/mol. The lowest BCUT2D eigenvalue weighted by atomic mass is 10.2. The van der Waals surface area contributed by atoms with Gasteiger partial charge in [0, 0.05) is 11.9 Å². The highest BCUT2D eigenvalue weighted by molar-refractivity contribution is 6.32. The van der Waals surface area contributed by atoms with Crippen LogP contribution in [0.3, 0.4) is 0 Å². The van der Waals surface area contributed by atoms with Gasteiger partial charge in [-0.15, -0.1) is 0 Å². The van der Waals surface area contributed by atoms with Crippen molar-refractivity contribution in [2.24, 2.45) is 0 Å². The summed E-state index contributed by atoms with van der Waals surface area (Å²) < 4.78 is 14.8. The minimum absolute atomic E-state index is 0.144. The van der Waals surface area contributed by atoms with Gasteiger partial charge in [-0.3, -0.25) is 4.79 Å². The molecular weight excluding hydrogens is 331 g/mol. The van der Waals surface area contributed by atoms with Crippen LogP contribution in [-0.2, 0) is 0 Å². The number of amides is 1. The van der Waals surface area contributed by atoms with Gasteiger partial charge in [0.15, 0.2) is 5.69 Å². The first kappa shape index (κ1) is 15.7. The van der Waals surface area contributed by atoms with Crippen molar-refractivity contribution in [1.29, 1.82) is 5.26 Å². The molecule has 0 aliphatic rings. The topological polar surface area (TPSA) is 70.7 Å². The predicted molar refractivity (Wildman–Crippen MR) is 87.6 cm³/mol. The Labute approximate surface area is 141 Å². The van der Waals surface area contributed by atoms with E-state index in [4.69, 9.17) is 16.9 Å². The van der Waals surface area contributed by atoms with Crippen LogP contribution in [0.1, 0.15) is 16.1 Å². The van der Waals surface area contributed by atoms with E-state index in [1.54, 1.807) is 30.5 Å². The molecule has 0 saturated heterocycles. The largest absolute Gasteiger partial charge is 0.321 e. The Morgan fingerprint density at radius 2 is 2.04 bits per heavy atom. The predicted octanol–water partition coefficient (Wildman–Crippen LogP) is 3.79. The Kier molecular flexibility index (Phi) is 4.27. The van der Waals surface area contributed by atoms with Gasteiger partial charge in [-0.25, -0.2) is 9.07 Å². The Balaban J connectivity index is 1.82. The Morgan fingerprint density at radius 1 is 1.25 bits per heavy atom. The number of nitriles is 1. The highest BCUT2D eigenvalue weighted by Crippen LogP contribution is 2.19. The number of halogens is 2. The number of nitrogens with one attached hydrogen (secondary N) is 1. The third-order valence-corrected chi connectivity index (χ3v) is 3.59. The second kappa shape index (κ2) is 6.52. The zero-order chi connectivity index (χ0) is 17.1. The summed E-state index contributed by atoms with van der Waals surface area (Å²) in [7, 11) is 0. The van der Waals surface area contributed by atoms with Crippen LogP contribution in [0.25, 0.3) is 5.69 Å². The van der Waals surface area contributed by atoms with E-state index in [0.29, 0.717) is 16.4 Å². The van der Waals surface area contributed by atoms with Crippen LogP contribution in [-0.4, -0.2) is 15.7 Å². The van der Waals surface area contributed by atoms with Gasteiger partial charge < -0.3 is 5.32 Å². The van der Waals surface area contributed by atoms with E-state index in [9.17, 15) is 9.18 Å². The lowest BCUT2D eigenvalue weighted by Gasteiger charge is -2.05. The van der Waals surface area contributed by atoms with E-state index >= 15 is 0 Å². The van der Waals surface area contributed by atoms with Crippen LogP contribution < -0.4 is 5.32 Å². The maximum absolute atomic E-state index is 13.3.